The van der Waals surface area contributed by atoms with E-state index in [1.807, 2.05) is 19.9 Å². The van der Waals surface area contributed by atoms with Crippen molar-refractivity contribution in [3.05, 3.63) is 53.1 Å². The Labute approximate surface area is 363 Å². The van der Waals surface area contributed by atoms with Gasteiger partial charge in [-0.2, -0.15) is 0 Å². The molecule has 1 N–H and O–H groups in total. The van der Waals surface area contributed by atoms with Gasteiger partial charge in [-0.1, -0.05) is 107 Å². The lowest BCUT2D eigenvalue weighted by Gasteiger charge is -2.47. The monoisotopic (exact) mass is 874 g/mol. The molecule has 0 unspecified atom stereocenters. The van der Waals surface area contributed by atoms with Crippen molar-refractivity contribution in [2.75, 3.05) is 6.61 Å². The Morgan fingerprint density at radius 2 is 1.38 bits per heavy atom. The van der Waals surface area contributed by atoms with Crippen LogP contribution < -0.4 is 0 Å². The highest BCUT2D eigenvalue weighted by atomic mass is 32.1. The molecule has 0 radical (unpaired) electrons. The summed E-state index contributed by atoms with van der Waals surface area (Å²) in [5.41, 5.74) is 2.78. The summed E-state index contributed by atoms with van der Waals surface area (Å²) in [6.07, 6.45) is 8.28. The van der Waals surface area contributed by atoms with Gasteiger partial charge in [0.05, 0.1) is 33.5 Å². The lowest BCUT2D eigenvalue weighted by atomic mass is 9.71. The largest absolute Gasteiger partial charge is 0.413 e. The molecule has 1 aromatic heterocycles. The molecule has 58 heavy (non-hydrogen) atoms. The fourth-order valence-corrected chi connectivity index (χ4v) is 11.9. The van der Waals surface area contributed by atoms with Crippen molar-refractivity contribution in [1.82, 2.24) is 4.98 Å². The summed E-state index contributed by atoms with van der Waals surface area (Å²) in [4.78, 5) is 19.9. The van der Waals surface area contributed by atoms with E-state index in [9.17, 15) is 5.11 Å². The van der Waals surface area contributed by atoms with Crippen molar-refractivity contribution < 1.29 is 23.2 Å². The SMILES string of the molecule is C=CC[C@@H](C(=O)C(C)(C)[C@H](CCO)O[Si](C)(C)C(C)(C)C)[C@@H](O[Si](C)(C)C(C)(C)C)[C@@H](C)CCCC(C)=CC[C@H](O[Si](C)(C)C(C)(C)C)c1ccc2sc(C)nc2c1. The van der Waals surface area contributed by atoms with Crippen LogP contribution in [0.1, 0.15) is 145 Å². The molecule has 0 aliphatic heterocycles. The second kappa shape index (κ2) is 20.3. The molecule has 0 amide bonds. The lowest BCUT2D eigenvalue weighted by Crippen LogP contribution is -2.54. The maximum Gasteiger partial charge on any atom is 0.192 e. The Morgan fingerprint density at radius 3 is 1.90 bits per heavy atom. The highest BCUT2D eigenvalue weighted by molar-refractivity contribution is 7.18. The lowest BCUT2D eigenvalue weighted by molar-refractivity contribution is -0.141. The van der Waals surface area contributed by atoms with E-state index >= 15 is 4.79 Å². The molecule has 0 aliphatic carbocycles. The molecular weight excluding hydrogens is 787 g/mol. The third-order valence-corrected chi connectivity index (χ3v) is 28.5. The fraction of sp³-hybridized carbons (Fsp3) is 0.750. The number of Topliss-reactive ketones (excluding diaryl/α,β-unsaturated/α-hetero) is 1. The molecule has 0 fully saturated rings. The topological polar surface area (TPSA) is 77.9 Å². The molecule has 0 spiro atoms. The van der Waals surface area contributed by atoms with Gasteiger partial charge < -0.3 is 18.4 Å². The molecule has 0 bridgehead atoms. The number of aromatic nitrogens is 1. The number of benzene rings is 1. The number of aliphatic hydroxyl groups excluding tert-OH is 1. The average molecular weight is 875 g/mol. The number of nitrogens with zero attached hydrogens (tertiary/aromatic N) is 1. The number of aliphatic hydroxyl groups is 1. The van der Waals surface area contributed by atoms with Gasteiger partial charge in [-0.3, -0.25) is 4.79 Å². The molecule has 2 aromatic rings. The predicted octanol–water partition coefficient (Wildman–Crippen LogP) is 14.8. The second-order valence-electron chi connectivity index (χ2n) is 22.4. The van der Waals surface area contributed by atoms with Crippen LogP contribution in [0, 0.1) is 24.2 Å². The van der Waals surface area contributed by atoms with E-state index in [1.165, 1.54) is 15.8 Å². The number of ketones is 1. The van der Waals surface area contributed by atoms with Gasteiger partial charge >= 0.3 is 0 Å². The first kappa shape index (κ1) is 52.9. The van der Waals surface area contributed by atoms with Crippen LogP contribution in [-0.4, -0.2) is 59.6 Å². The Bertz CT molecular complexity index is 1670. The number of carbonyl (C=O) groups is 1. The number of hydrogen-bond donors (Lipinski definition) is 1. The van der Waals surface area contributed by atoms with E-state index in [-0.39, 0.29) is 51.5 Å². The molecule has 0 saturated carbocycles. The van der Waals surface area contributed by atoms with Crippen LogP contribution in [0.3, 0.4) is 0 Å². The number of hydrogen-bond acceptors (Lipinski definition) is 7. The van der Waals surface area contributed by atoms with E-state index in [4.69, 9.17) is 18.3 Å². The molecule has 332 valence electrons. The standard InChI is InChI=1S/C48H87NO5SSi3/c1-22-24-38(44(51)48(14,15)42(31-32-50)53-57(18,19)46(8,9)10)43(54-58(20,21)47(11,12)13)35(3)26-23-25-34(2)27-29-40(52-56(16,17)45(5,6)7)37-28-30-41-39(33-37)49-36(4)55-41/h22,27-28,30,33,35,38,40,42-43,50H,1,23-26,29,31-32H2,2-21H3/t35-,38+,40-,42-,43-/m0/s1. The number of rotatable bonds is 22. The summed E-state index contributed by atoms with van der Waals surface area (Å²) in [6.45, 7) is 48.9. The zero-order chi connectivity index (χ0) is 44.9. The van der Waals surface area contributed by atoms with Crippen LogP contribution in [0.5, 0.6) is 0 Å². The molecule has 5 atom stereocenters. The van der Waals surface area contributed by atoms with E-state index in [2.05, 4.69) is 153 Å². The van der Waals surface area contributed by atoms with E-state index in [0.29, 0.717) is 12.8 Å². The Balaban J connectivity index is 2.42. The van der Waals surface area contributed by atoms with Crippen molar-refractivity contribution in [2.24, 2.45) is 17.3 Å². The van der Waals surface area contributed by atoms with Gasteiger partial charge in [0, 0.05) is 17.9 Å². The summed E-state index contributed by atoms with van der Waals surface area (Å²) in [6, 6.07) is 6.67. The highest BCUT2D eigenvalue weighted by Crippen LogP contribution is 2.45. The third-order valence-electron chi connectivity index (χ3n) is 14.1. The maximum atomic E-state index is 15.1. The summed E-state index contributed by atoms with van der Waals surface area (Å²) in [7, 11) is -6.57. The predicted molar refractivity (Wildman–Crippen MR) is 260 cm³/mol. The zero-order valence-electron chi connectivity index (χ0n) is 40.9. The number of thiazole rings is 1. The van der Waals surface area contributed by atoms with Crippen LogP contribution in [0.2, 0.25) is 54.4 Å². The molecule has 0 saturated heterocycles. The van der Waals surface area contributed by atoms with Crippen molar-refractivity contribution in [3.8, 4) is 0 Å². The quantitative estimate of drug-likeness (QED) is 0.0938. The molecule has 1 aromatic carbocycles. The minimum atomic E-state index is -2.28. The smallest absolute Gasteiger partial charge is 0.192 e. The number of fused-ring (bicyclic) bond motifs is 1. The molecular formula is C48H87NO5SSi3. The van der Waals surface area contributed by atoms with Crippen LogP contribution in [0.15, 0.2) is 42.5 Å². The molecule has 10 heteroatoms. The Morgan fingerprint density at radius 1 is 0.845 bits per heavy atom. The Kier molecular flexibility index (Phi) is 18.5. The maximum absolute atomic E-state index is 15.1. The van der Waals surface area contributed by atoms with Crippen molar-refractivity contribution in [3.63, 3.8) is 0 Å². The van der Waals surface area contributed by atoms with Gasteiger partial charge in [0.15, 0.2) is 25.0 Å². The number of carbonyl (C=O) groups excluding carboxylic acids is 1. The van der Waals surface area contributed by atoms with E-state index < -0.39 is 36.5 Å². The van der Waals surface area contributed by atoms with Crippen molar-refractivity contribution >= 4 is 52.3 Å². The van der Waals surface area contributed by atoms with Gasteiger partial charge in [0.1, 0.15) is 5.78 Å². The van der Waals surface area contributed by atoms with Gasteiger partial charge in [0.2, 0.25) is 0 Å². The molecule has 0 aliphatic rings. The van der Waals surface area contributed by atoms with Crippen LogP contribution in [0.4, 0.5) is 0 Å². The first-order chi connectivity index (χ1) is 26.2. The summed E-state index contributed by atoms with van der Waals surface area (Å²) in [5.74, 6) is -0.0771. The summed E-state index contributed by atoms with van der Waals surface area (Å²) in [5, 5.41) is 11.4. The van der Waals surface area contributed by atoms with Crippen molar-refractivity contribution in [1.29, 1.82) is 0 Å². The molecule has 2 rings (SSSR count). The van der Waals surface area contributed by atoms with Gasteiger partial charge in [-0.05, 0) is 130 Å². The normalized spacial score (nSPS) is 16.9. The van der Waals surface area contributed by atoms with Crippen molar-refractivity contribution in [2.45, 2.75) is 208 Å². The first-order valence-corrected chi connectivity index (χ1v) is 31.6. The zero-order valence-corrected chi connectivity index (χ0v) is 44.7. The summed E-state index contributed by atoms with van der Waals surface area (Å²) >= 11 is 1.74. The van der Waals surface area contributed by atoms with Crippen LogP contribution >= 0.6 is 11.3 Å². The number of aryl methyl sites for hydroxylation is 1. The third kappa shape index (κ3) is 13.9. The van der Waals surface area contributed by atoms with Crippen LogP contribution in [-0.2, 0) is 18.1 Å². The molecule has 6 nitrogen and oxygen atoms in total. The van der Waals surface area contributed by atoms with Gasteiger partial charge in [-0.15, -0.1) is 17.9 Å². The first-order valence-electron chi connectivity index (χ1n) is 22.0. The minimum Gasteiger partial charge on any atom is -0.413 e. The van der Waals surface area contributed by atoms with Gasteiger partial charge in [-0.25, -0.2) is 4.98 Å². The van der Waals surface area contributed by atoms with Crippen LogP contribution in [0.25, 0.3) is 10.2 Å². The molecule has 1 heterocycles. The highest BCUT2D eigenvalue weighted by Gasteiger charge is 2.50. The summed E-state index contributed by atoms with van der Waals surface area (Å²) < 4.78 is 22.6. The minimum absolute atomic E-state index is 0.0155. The van der Waals surface area contributed by atoms with Gasteiger partial charge in [0.25, 0.3) is 0 Å². The van der Waals surface area contributed by atoms with E-state index in [1.54, 1.807) is 11.3 Å². The average Bonchev–Trinajstić information content (AvgIpc) is 3.45. The van der Waals surface area contributed by atoms with E-state index in [0.717, 1.165) is 36.2 Å². The Hall–Kier alpha value is -1.25. The number of allylic oxidation sites excluding steroid dienone is 2. The second-order valence-corrected chi connectivity index (χ2v) is 37.9. The fourth-order valence-electron chi connectivity index (χ4n) is 6.86.